The molecule has 1 saturated heterocycles. The third-order valence-corrected chi connectivity index (χ3v) is 5.58. The summed E-state index contributed by atoms with van der Waals surface area (Å²) < 4.78 is 16.4. The van der Waals surface area contributed by atoms with Crippen LogP contribution in [0.4, 0.5) is 0 Å². The molecule has 17 heavy (non-hydrogen) atoms. The summed E-state index contributed by atoms with van der Waals surface area (Å²) in [6.07, 6.45) is 0. The van der Waals surface area contributed by atoms with Crippen LogP contribution in [0.2, 0.25) is 0 Å². The Morgan fingerprint density at radius 3 is 2.82 bits per heavy atom. The zero-order valence-corrected chi connectivity index (χ0v) is 11.8. The van der Waals surface area contributed by atoms with Crippen molar-refractivity contribution in [2.45, 2.75) is 12.5 Å². The summed E-state index contributed by atoms with van der Waals surface area (Å²) >= 11 is 5.30. The quantitative estimate of drug-likeness (QED) is 0.856. The van der Waals surface area contributed by atoms with Crippen molar-refractivity contribution in [2.24, 2.45) is 0 Å². The first-order chi connectivity index (χ1) is 8.01. The van der Waals surface area contributed by atoms with E-state index < -0.39 is 12.2 Å². The van der Waals surface area contributed by atoms with E-state index in [1.165, 1.54) is 0 Å². The Balaban J connectivity index is 2.30. The number of nitrogens with one attached hydrogen (secondary N) is 1. The van der Waals surface area contributed by atoms with Crippen LogP contribution in [0.5, 0.6) is 5.75 Å². The largest absolute Gasteiger partial charge is 0.497 e. The molecule has 0 aromatic heterocycles. The van der Waals surface area contributed by atoms with E-state index >= 15 is 0 Å². The van der Waals surface area contributed by atoms with Gasteiger partial charge in [0.1, 0.15) is 11.4 Å². The average Bonchev–Trinajstić information content (AvgIpc) is 2.68. The van der Waals surface area contributed by atoms with Crippen molar-refractivity contribution in [2.75, 3.05) is 20.8 Å². The lowest BCUT2D eigenvalue weighted by Crippen LogP contribution is -2.26. The predicted molar refractivity (Wildman–Crippen MR) is 70.7 cm³/mol. The van der Waals surface area contributed by atoms with Crippen LogP contribution in [0.1, 0.15) is 12.5 Å². The predicted octanol–water partition coefficient (Wildman–Crippen LogP) is 2.40. The number of hydrogen-bond acceptors (Lipinski definition) is 4. The second-order valence-electron chi connectivity index (χ2n) is 4.07. The highest BCUT2D eigenvalue weighted by molar-refractivity contribution is 8.09. The number of methoxy groups -OCH3 is 1. The van der Waals surface area contributed by atoms with Crippen LogP contribution in [-0.2, 0) is 26.5 Å². The normalized spacial score (nSPS) is 32.6. The van der Waals surface area contributed by atoms with Gasteiger partial charge in [0.15, 0.2) is 0 Å². The molecular formula is C11H16NO3PS. The van der Waals surface area contributed by atoms with E-state index in [1.807, 2.05) is 31.2 Å². The van der Waals surface area contributed by atoms with Gasteiger partial charge in [-0.25, -0.2) is 5.09 Å². The Morgan fingerprint density at radius 1 is 1.47 bits per heavy atom. The minimum atomic E-state index is -2.32. The van der Waals surface area contributed by atoms with Crippen molar-refractivity contribution < 1.29 is 13.8 Å². The molecule has 1 aliphatic heterocycles. The van der Waals surface area contributed by atoms with Gasteiger partial charge in [-0.15, -0.1) is 0 Å². The molecule has 1 N–H and O–H groups in total. The Morgan fingerprint density at radius 2 is 2.24 bits per heavy atom. The lowest BCUT2D eigenvalue weighted by Gasteiger charge is -2.24. The van der Waals surface area contributed by atoms with Crippen LogP contribution in [0.25, 0.3) is 0 Å². The molecule has 1 aliphatic rings. The van der Waals surface area contributed by atoms with E-state index in [0.29, 0.717) is 6.54 Å². The minimum Gasteiger partial charge on any atom is -0.497 e. The van der Waals surface area contributed by atoms with Gasteiger partial charge in [-0.2, -0.15) is 0 Å². The molecule has 1 fully saturated rings. The number of ether oxygens (including phenoxy) is 1. The van der Waals surface area contributed by atoms with Gasteiger partial charge in [0.2, 0.25) is 0 Å². The van der Waals surface area contributed by atoms with Crippen molar-refractivity contribution >= 4 is 18.4 Å². The van der Waals surface area contributed by atoms with Gasteiger partial charge in [-0.05, 0) is 36.4 Å². The highest BCUT2D eigenvalue weighted by Gasteiger charge is 2.42. The molecule has 2 rings (SSSR count). The Labute approximate surface area is 106 Å². The summed E-state index contributed by atoms with van der Waals surface area (Å²) in [7, 11) is 3.22. The number of benzene rings is 1. The van der Waals surface area contributed by atoms with E-state index in [1.54, 1.807) is 14.2 Å². The van der Waals surface area contributed by atoms with Gasteiger partial charge in [0, 0.05) is 13.7 Å². The molecule has 0 amide bonds. The summed E-state index contributed by atoms with van der Waals surface area (Å²) in [5.74, 6) is 0.810. The van der Waals surface area contributed by atoms with E-state index in [4.69, 9.17) is 25.6 Å². The van der Waals surface area contributed by atoms with Crippen molar-refractivity contribution in [3.05, 3.63) is 29.8 Å². The lowest BCUT2D eigenvalue weighted by atomic mass is 9.96. The van der Waals surface area contributed by atoms with Crippen LogP contribution in [0, 0.1) is 0 Å². The molecule has 0 bridgehead atoms. The fourth-order valence-corrected chi connectivity index (χ4v) is 3.94. The fraction of sp³-hybridized carbons (Fsp3) is 0.455. The first-order valence-corrected chi connectivity index (χ1v) is 7.91. The third-order valence-electron chi connectivity index (χ3n) is 2.85. The number of hydrogen-bond donors (Lipinski definition) is 1. The SMILES string of the molecule is COc1cccc(C2(C)CNP(=S)(OC)O2)c1. The van der Waals surface area contributed by atoms with E-state index in [2.05, 4.69) is 5.09 Å². The summed E-state index contributed by atoms with van der Waals surface area (Å²) in [5, 5.41) is 3.15. The van der Waals surface area contributed by atoms with Gasteiger partial charge in [-0.1, -0.05) is 12.1 Å². The monoisotopic (exact) mass is 273 g/mol. The second-order valence-corrected chi connectivity index (χ2v) is 7.37. The standard InChI is InChI=1S/C11H16NO3PS/c1-11(8-12-16(17,14-3)15-11)9-5-4-6-10(7-9)13-2/h4-7H,8H2,1-3H3,(H,12,17). The summed E-state index contributed by atoms with van der Waals surface area (Å²) in [6.45, 7) is 0.327. The van der Waals surface area contributed by atoms with Crippen molar-refractivity contribution in [3.8, 4) is 5.75 Å². The molecule has 0 radical (unpaired) electrons. The highest BCUT2D eigenvalue weighted by Crippen LogP contribution is 2.55. The van der Waals surface area contributed by atoms with Crippen LogP contribution in [0.15, 0.2) is 24.3 Å². The molecule has 1 aromatic carbocycles. The Kier molecular flexibility index (Phi) is 3.57. The summed E-state index contributed by atoms with van der Waals surface area (Å²) in [6, 6.07) is 7.81. The van der Waals surface area contributed by atoms with E-state index in [9.17, 15) is 0 Å². The first-order valence-electron chi connectivity index (χ1n) is 5.27. The lowest BCUT2D eigenvalue weighted by molar-refractivity contribution is 0.121. The maximum Gasteiger partial charge on any atom is 0.261 e. The number of rotatable bonds is 3. The molecule has 6 heteroatoms. The highest BCUT2D eigenvalue weighted by atomic mass is 32.5. The van der Waals surface area contributed by atoms with Gasteiger partial charge >= 0.3 is 0 Å². The van der Waals surface area contributed by atoms with Gasteiger partial charge in [0.05, 0.1) is 7.11 Å². The molecule has 4 nitrogen and oxygen atoms in total. The van der Waals surface area contributed by atoms with Crippen LogP contribution in [0.3, 0.4) is 0 Å². The van der Waals surface area contributed by atoms with Crippen molar-refractivity contribution in [3.63, 3.8) is 0 Å². The van der Waals surface area contributed by atoms with Crippen LogP contribution < -0.4 is 9.82 Å². The van der Waals surface area contributed by atoms with Gasteiger partial charge < -0.3 is 13.8 Å². The molecule has 0 saturated carbocycles. The van der Waals surface area contributed by atoms with E-state index in [0.717, 1.165) is 11.3 Å². The Hall–Kier alpha value is -0.450. The van der Waals surface area contributed by atoms with Crippen molar-refractivity contribution in [1.82, 2.24) is 5.09 Å². The third kappa shape index (κ3) is 2.54. The van der Waals surface area contributed by atoms with Gasteiger partial charge in [0.25, 0.3) is 6.64 Å². The van der Waals surface area contributed by atoms with Crippen LogP contribution in [-0.4, -0.2) is 20.8 Å². The first kappa shape index (κ1) is 13.0. The molecule has 0 spiro atoms. The maximum absolute atomic E-state index is 5.91. The summed E-state index contributed by atoms with van der Waals surface area (Å²) in [5.41, 5.74) is 0.577. The second kappa shape index (κ2) is 4.67. The zero-order chi connectivity index (χ0) is 12.5. The molecule has 94 valence electrons. The fourth-order valence-electron chi connectivity index (χ4n) is 1.79. The zero-order valence-electron chi connectivity index (χ0n) is 10.1. The molecule has 1 heterocycles. The molecule has 2 unspecified atom stereocenters. The average molecular weight is 273 g/mol. The Bertz CT molecular complexity index is 468. The van der Waals surface area contributed by atoms with Gasteiger partial charge in [-0.3, -0.25) is 0 Å². The molecular weight excluding hydrogens is 257 g/mol. The smallest absolute Gasteiger partial charge is 0.261 e. The maximum atomic E-state index is 5.91. The molecule has 2 atom stereocenters. The minimum absolute atomic E-state index is 0.458. The topological polar surface area (TPSA) is 39.7 Å². The van der Waals surface area contributed by atoms with Crippen molar-refractivity contribution in [1.29, 1.82) is 0 Å². The molecule has 1 aromatic rings. The van der Waals surface area contributed by atoms with Crippen LogP contribution >= 0.6 is 6.64 Å². The molecule has 0 aliphatic carbocycles. The summed E-state index contributed by atoms with van der Waals surface area (Å²) in [4.78, 5) is 0. The van der Waals surface area contributed by atoms with E-state index in [-0.39, 0.29) is 0 Å².